The van der Waals surface area contributed by atoms with Crippen molar-refractivity contribution in [3.05, 3.63) is 46.7 Å². The molecule has 0 unspecified atom stereocenters. The maximum Gasteiger partial charge on any atom is 0.340 e. The van der Waals surface area contributed by atoms with Crippen molar-refractivity contribution < 1.29 is 9.53 Å². The van der Waals surface area contributed by atoms with Gasteiger partial charge in [-0.15, -0.1) is 10.2 Å². The Morgan fingerprint density at radius 3 is 2.79 bits per heavy atom. The van der Waals surface area contributed by atoms with Gasteiger partial charge in [-0.2, -0.15) is 0 Å². The minimum absolute atomic E-state index is 0.120. The first-order chi connectivity index (χ1) is 11.5. The number of carbonyl (C=O) groups excluding carboxylic acids is 1. The van der Waals surface area contributed by atoms with Gasteiger partial charge in [0, 0.05) is 17.6 Å². The summed E-state index contributed by atoms with van der Waals surface area (Å²) in [6, 6.07) is 5.66. The van der Waals surface area contributed by atoms with Crippen LogP contribution in [0.25, 0.3) is 10.9 Å². The van der Waals surface area contributed by atoms with Crippen LogP contribution in [-0.2, 0) is 17.9 Å². The lowest BCUT2D eigenvalue weighted by Crippen LogP contribution is -2.11. The summed E-state index contributed by atoms with van der Waals surface area (Å²) in [6.07, 6.45) is 0.972. The van der Waals surface area contributed by atoms with E-state index in [1.807, 2.05) is 37.5 Å². The highest BCUT2D eigenvalue weighted by Gasteiger charge is 2.17. The fourth-order valence-electron chi connectivity index (χ4n) is 2.91. The third kappa shape index (κ3) is 2.79. The largest absolute Gasteiger partial charge is 0.454 e. The van der Waals surface area contributed by atoms with Gasteiger partial charge in [0.25, 0.3) is 0 Å². The van der Waals surface area contributed by atoms with E-state index in [1.54, 1.807) is 6.07 Å². The molecule has 0 amide bonds. The number of H-pyrrole nitrogens is 1. The molecule has 6 heteroatoms. The molecule has 0 spiro atoms. The molecule has 1 N–H and O–H groups in total. The summed E-state index contributed by atoms with van der Waals surface area (Å²) in [6.45, 7) is 8.97. The van der Waals surface area contributed by atoms with Gasteiger partial charge in [-0.05, 0) is 38.8 Å². The molecule has 0 radical (unpaired) electrons. The van der Waals surface area contributed by atoms with Crippen molar-refractivity contribution in [1.82, 2.24) is 19.7 Å². The van der Waals surface area contributed by atoms with E-state index >= 15 is 0 Å². The first kappa shape index (κ1) is 16.2. The number of aromatic amines is 1. The van der Waals surface area contributed by atoms with Crippen molar-refractivity contribution in [3.63, 3.8) is 0 Å². The Kier molecular flexibility index (Phi) is 4.38. The molecule has 0 aliphatic rings. The standard InChI is InChI=1S/C18H22N4O2/c1-5-9-22-13(4)20-21-16(22)10-24-18(23)15-8-6-7-14-11(2)12(3)19-17(14)15/h6-8,19H,5,9-10H2,1-4H3. The maximum atomic E-state index is 12.5. The van der Waals surface area contributed by atoms with Crippen LogP contribution in [0.1, 0.15) is 46.6 Å². The number of fused-ring (bicyclic) bond motifs is 1. The fraction of sp³-hybridized carbons (Fsp3) is 0.389. The summed E-state index contributed by atoms with van der Waals surface area (Å²) in [7, 11) is 0. The highest BCUT2D eigenvalue weighted by atomic mass is 16.5. The molecule has 0 bridgehead atoms. The van der Waals surface area contributed by atoms with Crippen LogP contribution in [0.2, 0.25) is 0 Å². The van der Waals surface area contributed by atoms with E-state index in [1.165, 1.54) is 0 Å². The van der Waals surface area contributed by atoms with E-state index in [-0.39, 0.29) is 12.6 Å². The molecule has 6 nitrogen and oxygen atoms in total. The van der Waals surface area contributed by atoms with E-state index < -0.39 is 0 Å². The molecular weight excluding hydrogens is 304 g/mol. The van der Waals surface area contributed by atoms with Crippen molar-refractivity contribution in [2.75, 3.05) is 0 Å². The lowest BCUT2D eigenvalue weighted by Gasteiger charge is -2.08. The normalized spacial score (nSPS) is 11.2. The second kappa shape index (κ2) is 6.47. The van der Waals surface area contributed by atoms with E-state index in [4.69, 9.17) is 4.74 Å². The Balaban J connectivity index is 1.83. The number of carbonyl (C=O) groups is 1. The van der Waals surface area contributed by atoms with Crippen LogP contribution in [0.4, 0.5) is 0 Å². The molecule has 3 aromatic rings. The number of aryl methyl sites for hydroxylation is 3. The summed E-state index contributed by atoms with van der Waals surface area (Å²) in [4.78, 5) is 15.8. The zero-order chi connectivity index (χ0) is 17.3. The topological polar surface area (TPSA) is 72.8 Å². The minimum atomic E-state index is -0.356. The number of ether oxygens (including phenoxy) is 1. The first-order valence-corrected chi connectivity index (χ1v) is 8.16. The van der Waals surface area contributed by atoms with Gasteiger partial charge in [-0.1, -0.05) is 19.1 Å². The number of esters is 1. The Morgan fingerprint density at radius 2 is 2.04 bits per heavy atom. The lowest BCUT2D eigenvalue weighted by atomic mass is 10.1. The van der Waals surface area contributed by atoms with Crippen LogP contribution in [0.5, 0.6) is 0 Å². The van der Waals surface area contributed by atoms with Crippen molar-refractivity contribution in [1.29, 1.82) is 0 Å². The molecule has 0 aliphatic heterocycles. The van der Waals surface area contributed by atoms with Gasteiger partial charge < -0.3 is 14.3 Å². The highest BCUT2D eigenvalue weighted by Crippen LogP contribution is 2.24. The number of nitrogens with one attached hydrogen (secondary N) is 1. The van der Waals surface area contributed by atoms with Crippen LogP contribution < -0.4 is 0 Å². The number of nitrogens with zero attached hydrogens (tertiary/aromatic N) is 3. The average Bonchev–Trinajstić information content (AvgIpc) is 3.06. The molecular formula is C18H22N4O2. The molecule has 0 fully saturated rings. The Labute approximate surface area is 140 Å². The smallest absolute Gasteiger partial charge is 0.340 e. The second-order valence-corrected chi connectivity index (χ2v) is 5.99. The zero-order valence-corrected chi connectivity index (χ0v) is 14.5. The van der Waals surface area contributed by atoms with Crippen LogP contribution in [0, 0.1) is 20.8 Å². The number of benzene rings is 1. The first-order valence-electron chi connectivity index (χ1n) is 8.16. The van der Waals surface area contributed by atoms with Crippen molar-refractivity contribution in [2.45, 2.75) is 47.3 Å². The zero-order valence-electron chi connectivity index (χ0n) is 14.5. The molecule has 1 aromatic carbocycles. The fourth-order valence-corrected chi connectivity index (χ4v) is 2.91. The van der Waals surface area contributed by atoms with E-state index in [0.717, 1.165) is 41.0 Å². The molecule has 2 aromatic heterocycles. The SMILES string of the molecule is CCCn1c(C)nnc1COC(=O)c1cccc2c(C)c(C)[nH]c12. The number of hydrogen-bond donors (Lipinski definition) is 1. The summed E-state index contributed by atoms with van der Waals surface area (Å²) in [5.74, 6) is 1.15. The summed E-state index contributed by atoms with van der Waals surface area (Å²) in [5, 5.41) is 9.22. The number of rotatable bonds is 5. The molecule has 24 heavy (non-hydrogen) atoms. The van der Waals surface area contributed by atoms with Crippen molar-refractivity contribution in [3.8, 4) is 0 Å². The average molecular weight is 326 g/mol. The molecule has 3 rings (SSSR count). The molecule has 0 aliphatic carbocycles. The lowest BCUT2D eigenvalue weighted by molar-refractivity contribution is 0.0459. The highest BCUT2D eigenvalue weighted by molar-refractivity contribution is 6.04. The van der Waals surface area contributed by atoms with Gasteiger partial charge in [0.05, 0.1) is 11.1 Å². The van der Waals surface area contributed by atoms with Gasteiger partial charge in [0.1, 0.15) is 5.82 Å². The molecule has 2 heterocycles. The van der Waals surface area contributed by atoms with Gasteiger partial charge >= 0.3 is 5.97 Å². The number of hydrogen-bond acceptors (Lipinski definition) is 4. The Bertz CT molecular complexity index is 892. The molecule has 0 atom stereocenters. The quantitative estimate of drug-likeness (QED) is 0.729. The summed E-state index contributed by atoms with van der Waals surface area (Å²) in [5.41, 5.74) is 3.58. The summed E-state index contributed by atoms with van der Waals surface area (Å²) >= 11 is 0. The van der Waals surface area contributed by atoms with Crippen molar-refractivity contribution in [2.24, 2.45) is 0 Å². The van der Waals surface area contributed by atoms with Gasteiger partial charge in [0.2, 0.25) is 0 Å². The van der Waals surface area contributed by atoms with Crippen LogP contribution in [0.15, 0.2) is 18.2 Å². The van der Waals surface area contributed by atoms with Gasteiger partial charge in [0.15, 0.2) is 12.4 Å². The number of aromatic nitrogens is 4. The Hall–Kier alpha value is -2.63. The van der Waals surface area contributed by atoms with Gasteiger partial charge in [-0.25, -0.2) is 4.79 Å². The van der Waals surface area contributed by atoms with Crippen LogP contribution in [-0.4, -0.2) is 25.7 Å². The third-order valence-electron chi connectivity index (χ3n) is 4.36. The predicted molar refractivity (Wildman–Crippen MR) is 91.9 cm³/mol. The number of para-hydroxylation sites is 1. The van der Waals surface area contributed by atoms with Crippen LogP contribution in [0.3, 0.4) is 0 Å². The molecule has 0 saturated carbocycles. The van der Waals surface area contributed by atoms with E-state index in [2.05, 4.69) is 22.1 Å². The van der Waals surface area contributed by atoms with Crippen molar-refractivity contribution >= 4 is 16.9 Å². The maximum absolute atomic E-state index is 12.5. The monoisotopic (exact) mass is 326 g/mol. The third-order valence-corrected chi connectivity index (χ3v) is 4.36. The second-order valence-electron chi connectivity index (χ2n) is 5.99. The molecule has 126 valence electrons. The minimum Gasteiger partial charge on any atom is -0.454 e. The van der Waals surface area contributed by atoms with Gasteiger partial charge in [-0.3, -0.25) is 0 Å². The summed E-state index contributed by atoms with van der Waals surface area (Å²) < 4.78 is 7.47. The van der Waals surface area contributed by atoms with E-state index in [0.29, 0.717) is 11.4 Å². The molecule has 0 saturated heterocycles. The van der Waals surface area contributed by atoms with Crippen LogP contribution >= 0.6 is 0 Å². The van der Waals surface area contributed by atoms with E-state index in [9.17, 15) is 4.79 Å². The Morgan fingerprint density at radius 1 is 1.25 bits per heavy atom. The predicted octanol–water partition coefficient (Wildman–Crippen LogP) is 3.45.